The topological polar surface area (TPSA) is 52.7 Å². The Morgan fingerprint density at radius 1 is 0.926 bits per heavy atom. The Kier molecular flexibility index (Phi) is 8.01. The number of amides is 2. The molecule has 0 aliphatic heterocycles. The molecule has 144 valence electrons. The van der Waals surface area contributed by atoms with Crippen LogP contribution in [0, 0.1) is 0 Å². The van der Waals surface area contributed by atoms with Crippen molar-refractivity contribution in [2.75, 3.05) is 33.7 Å². The zero-order valence-corrected chi connectivity index (χ0v) is 16.4. The number of rotatable bonds is 9. The van der Waals surface area contributed by atoms with Crippen LogP contribution in [0.3, 0.4) is 0 Å². The smallest absolute Gasteiger partial charge is 0.254 e. The Hall–Kier alpha value is -2.66. The first-order chi connectivity index (χ1) is 13.0. The number of carbonyl (C=O) groups is 2. The summed E-state index contributed by atoms with van der Waals surface area (Å²) in [5, 5.41) is 2.91. The van der Waals surface area contributed by atoms with Gasteiger partial charge in [0.2, 0.25) is 0 Å². The molecule has 2 aromatic rings. The molecule has 27 heavy (non-hydrogen) atoms. The molecule has 5 nitrogen and oxygen atoms in total. The molecule has 1 N–H and O–H groups in total. The largest absolute Gasteiger partial charge is 0.352 e. The van der Waals surface area contributed by atoms with E-state index in [1.54, 1.807) is 29.2 Å². The summed E-state index contributed by atoms with van der Waals surface area (Å²) in [5.74, 6) is -0.135. The third-order valence-electron chi connectivity index (χ3n) is 4.35. The average molecular weight is 367 g/mol. The lowest BCUT2D eigenvalue weighted by Crippen LogP contribution is -2.30. The second kappa shape index (κ2) is 10.5. The first-order valence-electron chi connectivity index (χ1n) is 9.37. The van der Waals surface area contributed by atoms with Crippen LogP contribution in [0.5, 0.6) is 0 Å². The van der Waals surface area contributed by atoms with Crippen LogP contribution in [0.2, 0.25) is 0 Å². The van der Waals surface area contributed by atoms with E-state index in [0.29, 0.717) is 30.8 Å². The summed E-state index contributed by atoms with van der Waals surface area (Å²) in [7, 11) is 4.02. The van der Waals surface area contributed by atoms with Gasteiger partial charge in [-0.1, -0.05) is 30.3 Å². The summed E-state index contributed by atoms with van der Waals surface area (Å²) in [6.07, 6.45) is 0.903. The number of benzene rings is 2. The Labute approximate surface area is 162 Å². The van der Waals surface area contributed by atoms with Crippen LogP contribution in [-0.2, 0) is 6.54 Å². The van der Waals surface area contributed by atoms with E-state index in [-0.39, 0.29) is 11.8 Å². The highest BCUT2D eigenvalue weighted by Crippen LogP contribution is 2.11. The maximum absolute atomic E-state index is 12.8. The van der Waals surface area contributed by atoms with Gasteiger partial charge in [-0.25, -0.2) is 0 Å². The summed E-state index contributed by atoms with van der Waals surface area (Å²) >= 11 is 0. The van der Waals surface area contributed by atoms with Crippen molar-refractivity contribution in [1.82, 2.24) is 15.1 Å². The maximum atomic E-state index is 12.8. The summed E-state index contributed by atoms with van der Waals surface area (Å²) in [6.45, 7) is 4.74. The van der Waals surface area contributed by atoms with Crippen LogP contribution in [0.25, 0.3) is 0 Å². The monoisotopic (exact) mass is 367 g/mol. The lowest BCUT2D eigenvalue weighted by Gasteiger charge is -2.21. The van der Waals surface area contributed by atoms with Gasteiger partial charge in [0, 0.05) is 30.8 Å². The van der Waals surface area contributed by atoms with Gasteiger partial charge in [-0.05, 0) is 63.8 Å². The molecule has 0 spiro atoms. The van der Waals surface area contributed by atoms with Crippen molar-refractivity contribution in [3.05, 3.63) is 71.3 Å². The first-order valence-corrected chi connectivity index (χ1v) is 9.37. The van der Waals surface area contributed by atoms with Crippen molar-refractivity contribution < 1.29 is 9.59 Å². The molecule has 0 atom stereocenters. The summed E-state index contributed by atoms with van der Waals surface area (Å²) in [5.41, 5.74) is 2.26. The van der Waals surface area contributed by atoms with E-state index >= 15 is 0 Å². The maximum Gasteiger partial charge on any atom is 0.254 e. The van der Waals surface area contributed by atoms with Crippen molar-refractivity contribution in [3.8, 4) is 0 Å². The SMILES string of the molecule is CCN(Cc1ccccc1)C(=O)c1ccc(C(=O)NCCCN(C)C)cc1. The predicted octanol–water partition coefficient (Wildman–Crippen LogP) is 3.03. The van der Waals surface area contributed by atoms with Crippen LogP contribution >= 0.6 is 0 Å². The Balaban J connectivity index is 1.94. The van der Waals surface area contributed by atoms with Gasteiger partial charge in [0.05, 0.1) is 0 Å². The molecule has 0 radical (unpaired) electrons. The number of nitrogens with one attached hydrogen (secondary N) is 1. The minimum atomic E-state index is -0.107. The Morgan fingerprint density at radius 2 is 1.56 bits per heavy atom. The van der Waals surface area contributed by atoms with Crippen LogP contribution in [0.15, 0.2) is 54.6 Å². The van der Waals surface area contributed by atoms with Crippen LogP contribution in [0.4, 0.5) is 0 Å². The van der Waals surface area contributed by atoms with E-state index in [0.717, 1.165) is 18.5 Å². The van der Waals surface area contributed by atoms with Crippen LogP contribution in [-0.4, -0.2) is 55.3 Å². The number of hydrogen-bond donors (Lipinski definition) is 1. The van der Waals surface area contributed by atoms with E-state index in [2.05, 4.69) is 10.2 Å². The molecule has 0 aromatic heterocycles. The van der Waals surface area contributed by atoms with Crippen LogP contribution < -0.4 is 5.32 Å². The fourth-order valence-electron chi connectivity index (χ4n) is 2.78. The Bertz CT molecular complexity index is 727. The molecule has 5 heteroatoms. The van der Waals surface area contributed by atoms with Gasteiger partial charge in [0.15, 0.2) is 0 Å². The minimum Gasteiger partial charge on any atom is -0.352 e. The molecule has 0 saturated carbocycles. The molecule has 0 unspecified atom stereocenters. The predicted molar refractivity (Wildman–Crippen MR) is 109 cm³/mol. The van der Waals surface area contributed by atoms with Crippen LogP contribution in [0.1, 0.15) is 39.6 Å². The molecule has 2 aromatic carbocycles. The van der Waals surface area contributed by atoms with Gasteiger partial charge < -0.3 is 15.1 Å². The lowest BCUT2D eigenvalue weighted by molar-refractivity contribution is 0.0752. The molecular weight excluding hydrogens is 338 g/mol. The number of carbonyl (C=O) groups excluding carboxylic acids is 2. The zero-order valence-electron chi connectivity index (χ0n) is 16.4. The van der Waals surface area contributed by atoms with E-state index in [4.69, 9.17) is 0 Å². The normalized spacial score (nSPS) is 10.7. The molecule has 2 amide bonds. The van der Waals surface area contributed by atoms with Crippen molar-refractivity contribution in [1.29, 1.82) is 0 Å². The molecule has 0 heterocycles. The lowest BCUT2D eigenvalue weighted by atomic mass is 10.1. The van der Waals surface area contributed by atoms with E-state index in [1.165, 1.54) is 0 Å². The van der Waals surface area contributed by atoms with Gasteiger partial charge in [-0.2, -0.15) is 0 Å². The van der Waals surface area contributed by atoms with Gasteiger partial charge in [-0.15, -0.1) is 0 Å². The molecule has 0 bridgehead atoms. The van der Waals surface area contributed by atoms with Crippen molar-refractivity contribution in [3.63, 3.8) is 0 Å². The average Bonchev–Trinajstić information content (AvgIpc) is 2.69. The second-order valence-electron chi connectivity index (χ2n) is 6.80. The standard InChI is InChI=1S/C22H29N3O2/c1-4-25(17-18-9-6-5-7-10-18)22(27)20-13-11-19(12-14-20)21(26)23-15-8-16-24(2)3/h5-7,9-14H,4,8,15-17H2,1-3H3,(H,23,26). The Morgan fingerprint density at radius 3 is 2.15 bits per heavy atom. The fourth-order valence-corrected chi connectivity index (χ4v) is 2.78. The summed E-state index contributed by atoms with van der Waals surface area (Å²) < 4.78 is 0. The fraction of sp³-hybridized carbons (Fsp3) is 0.364. The van der Waals surface area contributed by atoms with Gasteiger partial charge in [0.1, 0.15) is 0 Å². The number of nitrogens with zero attached hydrogens (tertiary/aromatic N) is 2. The molecule has 0 aliphatic carbocycles. The quantitative estimate of drug-likeness (QED) is 0.693. The molecule has 0 aliphatic rings. The van der Waals surface area contributed by atoms with Crippen molar-refractivity contribution in [2.45, 2.75) is 19.9 Å². The first kappa shape index (κ1) is 20.6. The third-order valence-corrected chi connectivity index (χ3v) is 4.35. The van der Waals surface area contributed by atoms with Crippen molar-refractivity contribution in [2.24, 2.45) is 0 Å². The highest BCUT2D eigenvalue weighted by Gasteiger charge is 2.15. The van der Waals surface area contributed by atoms with Gasteiger partial charge >= 0.3 is 0 Å². The third kappa shape index (κ3) is 6.53. The van der Waals surface area contributed by atoms with Gasteiger partial charge in [-0.3, -0.25) is 9.59 Å². The highest BCUT2D eigenvalue weighted by atomic mass is 16.2. The molecular formula is C22H29N3O2. The highest BCUT2D eigenvalue weighted by molar-refractivity contribution is 5.97. The van der Waals surface area contributed by atoms with E-state index < -0.39 is 0 Å². The summed E-state index contributed by atoms with van der Waals surface area (Å²) in [4.78, 5) is 28.8. The number of hydrogen-bond acceptors (Lipinski definition) is 3. The minimum absolute atomic E-state index is 0.0284. The zero-order chi connectivity index (χ0) is 19.6. The molecule has 2 rings (SSSR count). The van der Waals surface area contributed by atoms with Gasteiger partial charge in [0.25, 0.3) is 11.8 Å². The summed E-state index contributed by atoms with van der Waals surface area (Å²) in [6, 6.07) is 16.8. The molecule has 0 fully saturated rings. The molecule has 0 saturated heterocycles. The van der Waals surface area contributed by atoms with E-state index in [9.17, 15) is 9.59 Å². The second-order valence-corrected chi connectivity index (χ2v) is 6.80. The van der Waals surface area contributed by atoms with Crippen molar-refractivity contribution >= 4 is 11.8 Å². The van der Waals surface area contributed by atoms with E-state index in [1.807, 2.05) is 51.4 Å².